The predicted molar refractivity (Wildman–Crippen MR) is 83.6 cm³/mol. The highest BCUT2D eigenvalue weighted by Crippen LogP contribution is 2.13. The molecule has 3 aromatic rings. The summed E-state index contributed by atoms with van der Waals surface area (Å²) in [7, 11) is 0. The SMILES string of the molecule is Cc1csc(CCNc2cc3ccccc3c(=O)[nH]2)n1. The minimum Gasteiger partial charge on any atom is -0.371 e. The first-order valence-electron chi connectivity index (χ1n) is 6.49. The summed E-state index contributed by atoms with van der Waals surface area (Å²) in [6.07, 6.45) is 0.855. The molecule has 0 radical (unpaired) electrons. The first kappa shape index (κ1) is 12.9. The highest BCUT2D eigenvalue weighted by atomic mass is 32.1. The summed E-state index contributed by atoms with van der Waals surface area (Å²) < 4.78 is 0. The standard InChI is InChI=1S/C15H15N3OS/c1-10-9-20-14(17-10)6-7-16-13-8-11-4-2-3-5-12(11)15(19)18-13/h2-5,8-9H,6-7H2,1H3,(H2,16,18,19). The van der Waals surface area contributed by atoms with Crippen molar-refractivity contribution in [3.8, 4) is 0 Å². The minimum absolute atomic E-state index is 0.0595. The van der Waals surface area contributed by atoms with E-state index in [0.717, 1.165) is 34.9 Å². The van der Waals surface area contributed by atoms with Gasteiger partial charge in [-0.2, -0.15) is 0 Å². The van der Waals surface area contributed by atoms with E-state index in [-0.39, 0.29) is 5.56 Å². The van der Waals surface area contributed by atoms with E-state index in [2.05, 4.69) is 15.3 Å². The average molecular weight is 285 g/mol. The van der Waals surface area contributed by atoms with E-state index >= 15 is 0 Å². The van der Waals surface area contributed by atoms with E-state index in [1.54, 1.807) is 11.3 Å². The van der Waals surface area contributed by atoms with Gasteiger partial charge in [0.15, 0.2) is 0 Å². The Bertz CT molecular complexity index is 791. The molecule has 2 aromatic heterocycles. The third-order valence-corrected chi connectivity index (χ3v) is 4.10. The molecular formula is C15H15N3OS. The number of fused-ring (bicyclic) bond motifs is 1. The molecule has 2 N–H and O–H groups in total. The lowest BCUT2D eigenvalue weighted by Gasteiger charge is -2.06. The summed E-state index contributed by atoms with van der Waals surface area (Å²) in [4.78, 5) is 19.2. The van der Waals surface area contributed by atoms with Gasteiger partial charge in [-0.05, 0) is 24.4 Å². The maximum atomic E-state index is 11.9. The van der Waals surface area contributed by atoms with Crippen LogP contribution < -0.4 is 10.9 Å². The van der Waals surface area contributed by atoms with Crippen LogP contribution in [0.1, 0.15) is 10.7 Å². The van der Waals surface area contributed by atoms with E-state index in [9.17, 15) is 4.79 Å². The zero-order valence-electron chi connectivity index (χ0n) is 11.1. The molecule has 102 valence electrons. The van der Waals surface area contributed by atoms with Crippen LogP contribution >= 0.6 is 11.3 Å². The number of hydrogen-bond acceptors (Lipinski definition) is 4. The number of benzene rings is 1. The fourth-order valence-corrected chi connectivity index (χ4v) is 2.90. The van der Waals surface area contributed by atoms with Crippen molar-refractivity contribution in [2.75, 3.05) is 11.9 Å². The molecule has 4 nitrogen and oxygen atoms in total. The molecule has 0 aliphatic rings. The minimum atomic E-state index is -0.0595. The summed E-state index contributed by atoms with van der Waals surface area (Å²) in [5.41, 5.74) is 1.000. The van der Waals surface area contributed by atoms with Crippen molar-refractivity contribution in [3.05, 3.63) is 56.8 Å². The smallest absolute Gasteiger partial charge is 0.257 e. The number of aromatic nitrogens is 2. The second kappa shape index (κ2) is 5.46. The molecule has 1 aromatic carbocycles. The third kappa shape index (κ3) is 2.72. The number of hydrogen-bond donors (Lipinski definition) is 2. The molecule has 5 heteroatoms. The Kier molecular flexibility index (Phi) is 3.52. The van der Waals surface area contributed by atoms with Gasteiger partial charge in [-0.25, -0.2) is 4.98 Å². The lowest BCUT2D eigenvalue weighted by atomic mass is 10.2. The van der Waals surface area contributed by atoms with Crippen LogP contribution in [0.5, 0.6) is 0 Å². The molecule has 0 unspecified atom stereocenters. The van der Waals surface area contributed by atoms with Gasteiger partial charge in [0.05, 0.1) is 5.01 Å². The molecule has 0 amide bonds. The molecule has 0 bridgehead atoms. The first-order chi connectivity index (χ1) is 9.72. The summed E-state index contributed by atoms with van der Waals surface area (Å²) in [6.45, 7) is 2.75. The summed E-state index contributed by atoms with van der Waals surface area (Å²) in [5, 5.41) is 8.07. The highest BCUT2D eigenvalue weighted by molar-refractivity contribution is 7.09. The van der Waals surface area contributed by atoms with E-state index in [1.807, 2.05) is 42.6 Å². The van der Waals surface area contributed by atoms with Crippen molar-refractivity contribution in [3.63, 3.8) is 0 Å². The van der Waals surface area contributed by atoms with Crippen molar-refractivity contribution in [1.29, 1.82) is 0 Å². The molecule has 0 atom stereocenters. The molecule has 0 aliphatic carbocycles. The molecule has 20 heavy (non-hydrogen) atoms. The van der Waals surface area contributed by atoms with Crippen molar-refractivity contribution in [2.45, 2.75) is 13.3 Å². The summed E-state index contributed by atoms with van der Waals surface area (Å²) >= 11 is 1.67. The van der Waals surface area contributed by atoms with Crippen LogP contribution in [0.2, 0.25) is 0 Å². The van der Waals surface area contributed by atoms with Crippen molar-refractivity contribution >= 4 is 27.9 Å². The Morgan fingerprint density at radius 2 is 2.20 bits per heavy atom. The molecule has 0 fully saturated rings. The van der Waals surface area contributed by atoms with Gasteiger partial charge in [-0.1, -0.05) is 18.2 Å². The molecular weight excluding hydrogens is 270 g/mol. The number of nitrogens with one attached hydrogen (secondary N) is 2. The van der Waals surface area contributed by atoms with Crippen LogP contribution in [-0.4, -0.2) is 16.5 Å². The second-order valence-corrected chi connectivity index (χ2v) is 5.60. The van der Waals surface area contributed by atoms with Crippen LogP contribution in [0.25, 0.3) is 10.8 Å². The van der Waals surface area contributed by atoms with Gasteiger partial charge in [-0.15, -0.1) is 11.3 Å². The average Bonchev–Trinajstić information content (AvgIpc) is 2.85. The van der Waals surface area contributed by atoms with Crippen molar-refractivity contribution in [2.24, 2.45) is 0 Å². The topological polar surface area (TPSA) is 57.8 Å². The van der Waals surface area contributed by atoms with Gasteiger partial charge in [-0.3, -0.25) is 4.79 Å². The Labute approximate surface area is 120 Å². The molecule has 0 spiro atoms. The Morgan fingerprint density at radius 1 is 1.35 bits per heavy atom. The maximum Gasteiger partial charge on any atom is 0.257 e. The fourth-order valence-electron chi connectivity index (χ4n) is 2.13. The van der Waals surface area contributed by atoms with E-state index < -0.39 is 0 Å². The number of aromatic amines is 1. The maximum absolute atomic E-state index is 11.9. The fraction of sp³-hybridized carbons (Fsp3) is 0.200. The largest absolute Gasteiger partial charge is 0.371 e. The van der Waals surface area contributed by atoms with Crippen LogP contribution in [0.15, 0.2) is 40.5 Å². The van der Waals surface area contributed by atoms with Crippen molar-refractivity contribution < 1.29 is 0 Å². The number of aryl methyl sites for hydroxylation is 1. The zero-order chi connectivity index (χ0) is 13.9. The third-order valence-electron chi connectivity index (χ3n) is 3.07. The lowest BCUT2D eigenvalue weighted by molar-refractivity contribution is 0.977. The zero-order valence-corrected chi connectivity index (χ0v) is 12.0. The number of rotatable bonds is 4. The van der Waals surface area contributed by atoms with E-state index in [4.69, 9.17) is 0 Å². The second-order valence-electron chi connectivity index (χ2n) is 4.66. The van der Waals surface area contributed by atoms with E-state index in [0.29, 0.717) is 5.39 Å². The Morgan fingerprint density at radius 3 is 3.00 bits per heavy atom. The highest BCUT2D eigenvalue weighted by Gasteiger charge is 2.02. The van der Waals surface area contributed by atoms with Crippen molar-refractivity contribution in [1.82, 2.24) is 9.97 Å². The number of anilines is 1. The molecule has 3 rings (SSSR count). The molecule has 2 heterocycles. The molecule has 0 aliphatic heterocycles. The molecule has 0 saturated heterocycles. The molecule has 0 saturated carbocycles. The van der Waals surface area contributed by atoms with Gasteiger partial charge in [0.1, 0.15) is 5.82 Å². The van der Waals surface area contributed by atoms with Gasteiger partial charge in [0, 0.05) is 29.4 Å². The Hall–Kier alpha value is -2.14. The Balaban J connectivity index is 1.73. The number of H-pyrrole nitrogens is 1. The lowest BCUT2D eigenvalue weighted by Crippen LogP contribution is -2.12. The normalized spacial score (nSPS) is 10.8. The monoisotopic (exact) mass is 285 g/mol. The summed E-state index contributed by atoms with van der Waals surface area (Å²) in [6, 6.07) is 9.54. The van der Waals surface area contributed by atoms with Crippen LogP contribution in [0.4, 0.5) is 5.82 Å². The summed E-state index contributed by atoms with van der Waals surface area (Å²) in [5.74, 6) is 0.752. The van der Waals surface area contributed by atoms with E-state index in [1.165, 1.54) is 0 Å². The predicted octanol–water partition coefficient (Wildman–Crippen LogP) is 2.95. The number of thiazole rings is 1. The van der Waals surface area contributed by atoms with Crippen LogP contribution in [0, 0.1) is 6.92 Å². The first-order valence-corrected chi connectivity index (χ1v) is 7.37. The van der Waals surface area contributed by atoms with Gasteiger partial charge < -0.3 is 10.3 Å². The van der Waals surface area contributed by atoms with Gasteiger partial charge >= 0.3 is 0 Å². The van der Waals surface area contributed by atoms with Crippen LogP contribution in [-0.2, 0) is 6.42 Å². The quantitative estimate of drug-likeness (QED) is 0.775. The van der Waals surface area contributed by atoms with Gasteiger partial charge in [0.25, 0.3) is 5.56 Å². The van der Waals surface area contributed by atoms with Crippen LogP contribution in [0.3, 0.4) is 0 Å². The van der Waals surface area contributed by atoms with Gasteiger partial charge in [0.2, 0.25) is 0 Å². The number of pyridine rings is 1. The number of nitrogens with zero attached hydrogens (tertiary/aromatic N) is 1.